The number of anilines is 1. The van der Waals surface area contributed by atoms with Gasteiger partial charge in [-0.1, -0.05) is 29.8 Å². The molecule has 0 unspecified atom stereocenters. The molecule has 0 fully saturated rings. The zero-order chi connectivity index (χ0) is 16.4. The molecule has 1 amide bonds. The lowest BCUT2D eigenvalue weighted by Crippen LogP contribution is -2.26. The highest BCUT2D eigenvalue weighted by molar-refractivity contribution is 6.35. The van der Waals surface area contributed by atoms with E-state index in [0.29, 0.717) is 22.2 Å². The third-order valence-corrected chi connectivity index (χ3v) is 4.01. The van der Waals surface area contributed by atoms with Crippen molar-refractivity contribution in [3.05, 3.63) is 65.4 Å². The van der Waals surface area contributed by atoms with Crippen molar-refractivity contribution in [3.63, 3.8) is 0 Å². The molecule has 23 heavy (non-hydrogen) atoms. The third kappa shape index (κ3) is 2.85. The number of hydrogen-bond acceptors (Lipinski definition) is 3. The Morgan fingerprint density at radius 3 is 2.57 bits per heavy atom. The molecular weight excluding hydrogens is 312 g/mol. The normalized spacial score (nSPS) is 10.6. The number of ether oxygens (including phenoxy) is 1. The number of hydrogen-bond donors (Lipinski definition) is 0. The van der Waals surface area contributed by atoms with Gasteiger partial charge in [0.2, 0.25) is 0 Å². The first kappa shape index (κ1) is 15.3. The van der Waals surface area contributed by atoms with E-state index in [-0.39, 0.29) is 5.91 Å². The molecule has 3 aromatic rings. The largest absolute Gasteiger partial charge is 0.497 e. The molecule has 0 aliphatic heterocycles. The number of aromatic nitrogens is 1. The van der Waals surface area contributed by atoms with Gasteiger partial charge in [-0.05, 0) is 30.3 Å². The maximum atomic E-state index is 12.7. The van der Waals surface area contributed by atoms with Gasteiger partial charge in [-0.2, -0.15) is 0 Å². The second-order valence-corrected chi connectivity index (χ2v) is 5.43. The van der Waals surface area contributed by atoms with Gasteiger partial charge in [0.1, 0.15) is 10.9 Å². The molecule has 2 aromatic carbocycles. The minimum Gasteiger partial charge on any atom is -0.497 e. The highest BCUT2D eigenvalue weighted by Crippen LogP contribution is 2.33. The maximum absolute atomic E-state index is 12.7. The second-order valence-electron chi connectivity index (χ2n) is 5.08. The molecule has 0 bridgehead atoms. The summed E-state index contributed by atoms with van der Waals surface area (Å²) in [6, 6.07) is 14.6. The Labute approximate surface area is 139 Å². The van der Waals surface area contributed by atoms with Crippen LogP contribution in [0.4, 0.5) is 5.69 Å². The Morgan fingerprint density at radius 2 is 1.87 bits per heavy atom. The number of methoxy groups -OCH3 is 1. The number of halogens is 1. The van der Waals surface area contributed by atoms with Crippen LogP contribution >= 0.6 is 11.6 Å². The second kappa shape index (κ2) is 6.26. The lowest BCUT2D eigenvalue weighted by Gasteiger charge is -2.19. The predicted octanol–water partition coefficient (Wildman–Crippen LogP) is 4.17. The zero-order valence-electron chi connectivity index (χ0n) is 12.8. The zero-order valence-corrected chi connectivity index (χ0v) is 13.5. The average molecular weight is 327 g/mol. The van der Waals surface area contributed by atoms with Gasteiger partial charge in [0.15, 0.2) is 0 Å². The quantitative estimate of drug-likeness (QED) is 0.678. The summed E-state index contributed by atoms with van der Waals surface area (Å²) < 4.78 is 5.28. The summed E-state index contributed by atoms with van der Waals surface area (Å²) in [4.78, 5) is 18.4. The van der Waals surface area contributed by atoms with Crippen molar-refractivity contribution < 1.29 is 9.53 Å². The monoisotopic (exact) mass is 326 g/mol. The Balaban J connectivity index is 2.12. The maximum Gasteiger partial charge on any atom is 0.258 e. The summed E-state index contributed by atoms with van der Waals surface area (Å²) in [6.07, 6.45) is 1.60. The first-order valence-electron chi connectivity index (χ1n) is 7.07. The summed E-state index contributed by atoms with van der Waals surface area (Å²) in [6.45, 7) is 0. The summed E-state index contributed by atoms with van der Waals surface area (Å²) in [5.41, 5.74) is 1.29. The number of benzene rings is 2. The highest BCUT2D eigenvalue weighted by atomic mass is 35.5. The van der Waals surface area contributed by atoms with Crippen LogP contribution in [0.25, 0.3) is 10.8 Å². The molecule has 0 saturated carbocycles. The van der Waals surface area contributed by atoms with Gasteiger partial charge in [-0.15, -0.1) is 0 Å². The Bertz CT molecular complexity index is 866. The van der Waals surface area contributed by atoms with Crippen molar-refractivity contribution in [3.8, 4) is 5.75 Å². The number of fused-ring (bicyclic) bond motifs is 1. The lowest BCUT2D eigenvalue weighted by molar-refractivity contribution is 0.0993. The number of nitrogens with zero attached hydrogens (tertiary/aromatic N) is 2. The molecule has 5 heteroatoms. The predicted molar refractivity (Wildman–Crippen MR) is 92.5 cm³/mol. The fraction of sp³-hybridized carbons (Fsp3) is 0.111. The minimum atomic E-state index is -0.112. The van der Waals surface area contributed by atoms with Crippen LogP contribution in [0.2, 0.25) is 5.15 Å². The Hall–Kier alpha value is -2.59. The Morgan fingerprint density at radius 1 is 1.13 bits per heavy atom. The van der Waals surface area contributed by atoms with Gasteiger partial charge in [0.05, 0.1) is 19.0 Å². The van der Waals surface area contributed by atoms with Gasteiger partial charge < -0.3 is 9.64 Å². The first-order valence-corrected chi connectivity index (χ1v) is 7.45. The number of amides is 1. The fourth-order valence-corrected chi connectivity index (χ4v) is 2.66. The molecule has 0 spiro atoms. The summed E-state index contributed by atoms with van der Waals surface area (Å²) >= 11 is 6.17. The fourth-order valence-electron chi connectivity index (χ4n) is 2.45. The number of pyridine rings is 1. The van der Waals surface area contributed by atoms with Crippen LogP contribution in [-0.4, -0.2) is 25.0 Å². The summed E-state index contributed by atoms with van der Waals surface area (Å²) in [7, 11) is 3.32. The molecule has 0 radical (unpaired) electrons. The van der Waals surface area contributed by atoms with Gasteiger partial charge >= 0.3 is 0 Å². The summed E-state index contributed by atoms with van der Waals surface area (Å²) in [5, 5.41) is 1.99. The third-order valence-electron chi connectivity index (χ3n) is 3.71. The molecule has 0 aliphatic carbocycles. The van der Waals surface area contributed by atoms with Crippen LogP contribution in [0.1, 0.15) is 10.4 Å². The van der Waals surface area contributed by atoms with Crippen molar-refractivity contribution in [2.75, 3.05) is 19.1 Å². The van der Waals surface area contributed by atoms with Gasteiger partial charge in [0, 0.05) is 23.4 Å². The van der Waals surface area contributed by atoms with Gasteiger partial charge in [-0.25, -0.2) is 4.98 Å². The van der Waals surface area contributed by atoms with E-state index in [1.54, 1.807) is 37.4 Å². The molecule has 4 nitrogen and oxygen atoms in total. The molecule has 3 rings (SSSR count). The molecular formula is C18H15ClN2O2. The number of carbonyl (C=O) groups excluding carboxylic acids is 1. The highest BCUT2D eigenvalue weighted by Gasteiger charge is 2.17. The van der Waals surface area contributed by atoms with Crippen molar-refractivity contribution in [1.29, 1.82) is 0 Å². The molecule has 116 valence electrons. The molecule has 0 saturated heterocycles. The van der Waals surface area contributed by atoms with E-state index < -0.39 is 0 Å². The van der Waals surface area contributed by atoms with Crippen LogP contribution in [0.3, 0.4) is 0 Å². The first-order chi connectivity index (χ1) is 11.1. The van der Waals surface area contributed by atoms with Crippen LogP contribution in [0.15, 0.2) is 54.7 Å². The van der Waals surface area contributed by atoms with Gasteiger partial charge in [-0.3, -0.25) is 4.79 Å². The lowest BCUT2D eigenvalue weighted by atomic mass is 10.1. The average Bonchev–Trinajstić information content (AvgIpc) is 2.61. The van der Waals surface area contributed by atoms with Crippen LogP contribution in [-0.2, 0) is 0 Å². The minimum absolute atomic E-state index is 0.112. The van der Waals surface area contributed by atoms with E-state index in [4.69, 9.17) is 16.3 Å². The van der Waals surface area contributed by atoms with E-state index in [9.17, 15) is 4.79 Å². The summed E-state index contributed by atoms with van der Waals surface area (Å²) in [5.74, 6) is 0.584. The standard InChI is InChI=1S/C18H15ClN2O2/c1-21(18(22)12-6-4-3-5-7-12)16-11-20-17(19)14-9-8-13(23-2)10-15(14)16/h3-11H,1-2H3. The van der Waals surface area contributed by atoms with E-state index in [1.807, 2.05) is 36.4 Å². The van der Waals surface area contributed by atoms with Gasteiger partial charge in [0.25, 0.3) is 5.91 Å². The molecule has 1 heterocycles. The van der Waals surface area contributed by atoms with Crippen molar-refractivity contribution in [2.24, 2.45) is 0 Å². The number of rotatable bonds is 3. The molecule has 0 N–H and O–H groups in total. The van der Waals surface area contributed by atoms with E-state index in [0.717, 1.165) is 10.8 Å². The van der Waals surface area contributed by atoms with Crippen molar-refractivity contribution >= 4 is 34.0 Å². The Kier molecular flexibility index (Phi) is 4.17. The smallest absolute Gasteiger partial charge is 0.258 e. The topological polar surface area (TPSA) is 42.4 Å². The van der Waals surface area contributed by atoms with Crippen LogP contribution in [0, 0.1) is 0 Å². The molecule has 0 atom stereocenters. The SMILES string of the molecule is COc1ccc2c(Cl)ncc(N(C)C(=O)c3ccccc3)c2c1. The molecule has 1 aromatic heterocycles. The van der Waals surface area contributed by atoms with Crippen LogP contribution < -0.4 is 9.64 Å². The van der Waals surface area contributed by atoms with Crippen LogP contribution in [0.5, 0.6) is 5.75 Å². The van der Waals surface area contributed by atoms with Crippen molar-refractivity contribution in [2.45, 2.75) is 0 Å². The van der Waals surface area contributed by atoms with E-state index >= 15 is 0 Å². The number of carbonyl (C=O) groups is 1. The van der Waals surface area contributed by atoms with E-state index in [1.165, 1.54) is 0 Å². The molecule has 0 aliphatic rings. The van der Waals surface area contributed by atoms with E-state index in [2.05, 4.69) is 4.98 Å². The van der Waals surface area contributed by atoms with Crippen molar-refractivity contribution in [1.82, 2.24) is 4.98 Å².